The fourth-order valence-corrected chi connectivity index (χ4v) is 4.50. The summed E-state index contributed by atoms with van der Waals surface area (Å²) in [4.78, 5) is 43.4. The van der Waals surface area contributed by atoms with E-state index in [-0.39, 0.29) is 30.9 Å². The van der Waals surface area contributed by atoms with Crippen LogP contribution in [-0.4, -0.2) is 67.0 Å². The van der Waals surface area contributed by atoms with Gasteiger partial charge in [0.05, 0.1) is 23.3 Å². The van der Waals surface area contributed by atoms with Crippen molar-refractivity contribution in [2.45, 2.75) is 30.8 Å². The zero-order valence-electron chi connectivity index (χ0n) is 19.5. The second-order valence-electron chi connectivity index (χ2n) is 9.13. The van der Waals surface area contributed by atoms with Crippen molar-refractivity contribution in [2.75, 3.05) is 13.1 Å². The minimum Gasteiger partial charge on any atom is -0.465 e. The van der Waals surface area contributed by atoms with Gasteiger partial charge < -0.3 is 20.6 Å². The normalized spacial score (nSPS) is 20.2. The van der Waals surface area contributed by atoms with Crippen LogP contribution in [0, 0.1) is 17.6 Å². The summed E-state index contributed by atoms with van der Waals surface area (Å²) >= 11 is 0. The molecule has 5 rings (SSSR count). The van der Waals surface area contributed by atoms with Crippen molar-refractivity contribution in [3.8, 4) is 5.69 Å². The molecule has 0 bridgehead atoms. The van der Waals surface area contributed by atoms with Crippen molar-refractivity contribution >= 4 is 17.9 Å². The van der Waals surface area contributed by atoms with E-state index in [4.69, 9.17) is 0 Å². The average molecular weight is 511 g/mol. The molecule has 1 aliphatic carbocycles. The van der Waals surface area contributed by atoms with Crippen LogP contribution in [0.25, 0.3) is 5.69 Å². The van der Waals surface area contributed by atoms with E-state index < -0.39 is 47.0 Å². The second kappa shape index (κ2) is 9.56. The molecule has 2 aliphatic rings. The number of nitrogens with zero attached hydrogens (tertiary/aromatic N) is 5. The van der Waals surface area contributed by atoms with Gasteiger partial charge in [0, 0.05) is 31.4 Å². The van der Waals surface area contributed by atoms with Crippen molar-refractivity contribution in [1.29, 1.82) is 0 Å². The van der Waals surface area contributed by atoms with Crippen LogP contribution in [-0.2, 0) is 10.3 Å². The Labute approximate surface area is 209 Å². The molecule has 3 aromatic rings. The standard InChI is InChI=1S/C24H23F2N7O4/c25-14-4-5-19(16(26)11-14)33-13-18(30-31-33)22(35)28-17-6-10-32(23(36)37)12-15(17)21(34)29-24(7-8-24)20-3-1-2-9-27-20/h1-5,9,11,13,15,17H,6-8,10,12H2,(H,28,35)(H,29,34)(H,36,37)/t15-,17-/m0/s1. The van der Waals surface area contributed by atoms with Crippen LogP contribution >= 0.6 is 0 Å². The van der Waals surface area contributed by atoms with Crippen molar-refractivity contribution < 1.29 is 28.3 Å². The first-order chi connectivity index (χ1) is 17.8. The van der Waals surface area contributed by atoms with Crippen molar-refractivity contribution in [2.24, 2.45) is 5.92 Å². The van der Waals surface area contributed by atoms with Gasteiger partial charge in [-0.05, 0) is 43.5 Å². The number of amides is 3. The third kappa shape index (κ3) is 4.97. The van der Waals surface area contributed by atoms with Crippen LogP contribution in [0.5, 0.6) is 0 Å². The molecule has 3 N–H and O–H groups in total. The molecule has 3 heterocycles. The summed E-state index contributed by atoms with van der Waals surface area (Å²) in [5.41, 5.74) is -0.125. The van der Waals surface area contributed by atoms with Gasteiger partial charge in [0.15, 0.2) is 11.5 Å². The number of benzene rings is 1. The molecule has 0 radical (unpaired) electrons. The predicted molar refractivity (Wildman–Crippen MR) is 124 cm³/mol. The zero-order valence-corrected chi connectivity index (χ0v) is 19.5. The number of piperidine rings is 1. The van der Waals surface area contributed by atoms with Crippen LogP contribution in [0.3, 0.4) is 0 Å². The summed E-state index contributed by atoms with van der Waals surface area (Å²) in [6.07, 6.45) is 3.28. The summed E-state index contributed by atoms with van der Waals surface area (Å²) in [6.45, 7) is 0.0286. The summed E-state index contributed by atoms with van der Waals surface area (Å²) < 4.78 is 28.3. The highest BCUT2D eigenvalue weighted by Crippen LogP contribution is 2.44. The first-order valence-corrected chi connectivity index (χ1v) is 11.7. The number of halogens is 2. The van der Waals surface area contributed by atoms with E-state index in [2.05, 4.69) is 25.9 Å². The van der Waals surface area contributed by atoms with Gasteiger partial charge >= 0.3 is 6.09 Å². The lowest BCUT2D eigenvalue weighted by Gasteiger charge is -2.37. The molecule has 13 heteroatoms. The van der Waals surface area contributed by atoms with Gasteiger partial charge in [0.25, 0.3) is 5.91 Å². The molecule has 2 atom stereocenters. The van der Waals surface area contributed by atoms with E-state index in [0.29, 0.717) is 18.9 Å². The number of hydrogen-bond acceptors (Lipinski definition) is 6. The van der Waals surface area contributed by atoms with Gasteiger partial charge in [-0.2, -0.15) is 0 Å². The smallest absolute Gasteiger partial charge is 0.407 e. The summed E-state index contributed by atoms with van der Waals surface area (Å²) in [5, 5.41) is 22.8. The average Bonchev–Trinajstić information content (AvgIpc) is 3.49. The molecule has 2 fully saturated rings. The van der Waals surface area contributed by atoms with Gasteiger partial charge in [0.2, 0.25) is 5.91 Å². The fraction of sp³-hybridized carbons (Fsp3) is 0.333. The van der Waals surface area contributed by atoms with E-state index >= 15 is 0 Å². The first kappa shape index (κ1) is 24.3. The van der Waals surface area contributed by atoms with E-state index in [1.807, 2.05) is 12.1 Å². The lowest BCUT2D eigenvalue weighted by atomic mass is 9.90. The molecule has 0 spiro atoms. The molecule has 0 unspecified atom stereocenters. The number of carbonyl (C=O) groups is 3. The number of aromatic nitrogens is 4. The van der Waals surface area contributed by atoms with Crippen LogP contribution in [0.1, 0.15) is 35.4 Å². The van der Waals surface area contributed by atoms with Crippen molar-refractivity contribution in [3.05, 3.63) is 71.8 Å². The largest absolute Gasteiger partial charge is 0.465 e. The van der Waals surface area contributed by atoms with Crippen LogP contribution in [0.2, 0.25) is 0 Å². The Morgan fingerprint density at radius 3 is 2.62 bits per heavy atom. The maximum Gasteiger partial charge on any atom is 0.407 e. The topological polar surface area (TPSA) is 142 Å². The van der Waals surface area contributed by atoms with E-state index in [1.54, 1.807) is 12.3 Å². The Kier molecular flexibility index (Phi) is 6.27. The number of pyridine rings is 1. The van der Waals surface area contributed by atoms with Gasteiger partial charge in [-0.1, -0.05) is 11.3 Å². The van der Waals surface area contributed by atoms with Gasteiger partial charge in [0.1, 0.15) is 11.5 Å². The second-order valence-corrected chi connectivity index (χ2v) is 9.13. The molecule has 1 aliphatic heterocycles. The molecule has 11 nitrogen and oxygen atoms in total. The highest BCUT2D eigenvalue weighted by Gasteiger charge is 2.49. The molecule has 2 aromatic heterocycles. The summed E-state index contributed by atoms with van der Waals surface area (Å²) in [7, 11) is 0. The van der Waals surface area contributed by atoms with Crippen molar-refractivity contribution in [1.82, 2.24) is 35.5 Å². The number of nitrogens with one attached hydrogen (secondary N) is 2. The first-order valence-electron chi connectivity index (χ1n) is 11.7. The number of carboxylic acid groups (broad SMARTS) is 1. The SMILES string of the molecule is O=C(N[C@H]1CCN(C(=O)O)C[C@@H]1C(=O)NC1(c2ccccn2)CC1)c1cn(-c2ccc(F)cc2F)nn1. The zero-order chi connectivity index (χ0) is 26.2. The minimum atomic E-state index is -1.15. The summed E-state index contributed by atoms with van der Waals surface area (Å²) in [5.74, 6) is -3.55. The van der Waals surface area contributed by atoms with Crippen LogP contribution in [0.4, 0.5) is 13.6 Å². The molecule has 1 aromatic carbocycles. The van der Waals surface area contributed by atoms with Gasteiger partial charge in [-0.25, -0.2) is 18.3 Å². The highest BCUT2D eigenvalue weighted by atomic mass is 19.1. The van der Waals surface area contributed by atoms with Crippen molar-refractivity contribution in [3.63, 3.8) is 0 Å². The minimum absolute atomic E-state index is 0.0933. The fourth-order valence-electron chi connectivity index (χ4n) is 4.50. The molecule has 3 amide bonds. The lowest BCUT2D eigenvalue weighted by molar-refractivity contribution is -0.128. The predicted octanol–water partition coefficient (Wildman–Crippen LogP) is 1.84. The Morgan fingerprint density at radius 1 is 1.14 bits per heavy atom. The van der Waals surface area contributed by atoms with E-state index in [9.17, 15) is 28.3 Å². The van der Waals surface area contributed by atoms with E-state index in [1.165, 1.54) is 12.3 Å². The number of likely N-dealkylation sites (tertiary alicyclic amines) is 1. The monoisotopic (exact) mass is 511 g/mol. The third-order valence-corrected chi connectivity index (χ3v) is 6.69. The number of carbonyl (C=O) groups excluding carboxylic acids is 2. The number of rotatable bonds is 6. The third-order valence-electron chi connectivity index (χ3n) is 6.69. The van der Waals surface area contributed by atoms with Gasteiger partial charge in [-0.3, -0.25) is 14.6 Å². The van der Waals surface area contributed by atoms with Crippen LogP contribution in [0.15, 0.2) is 48.8 Å². The molecule has 192 valence electrons. The molecule has 37 heavy (non-hydrogen) atoms. The van der Waals surface area contributed by atoms with Gasteiger partial charge in [-0.15, -0.1) is 5.10 Å². The number of hydrogen-bond donors (Lipinski definition) is 3. The summed E-state index contributed by atoms with van der Waals surface area (Å²) in [6, 6.07) is 7.65. The molecule has 1 saturated heterocycles. The Bertz CT molecular complexity index is 1350. The van der Waals surface area contributed by atoms with Crippen LogP contribution < -0.4 is 10.6 Å². The Hall–Kier alpha value is -4.42. The molecular formula is C24H23F2N7O4. The Balaban J connectivity index is 1.32. The lowest BCUT2D eigenvalue weighted by Crippen LogP contribution is -2.57. The Morgan fingerprint density at radius 2 is 1.95 bits per heavy atom. The molecular weight excluding hydrogens is 488 g/mol. The van der Waals surface area contributed by atoms with E-state index in [0.717, 1.165) is 21.3 Å². The maximum atomic E-state index is 14.1. The highest BCUT2D eigenvalue weighted by molar-refractivity contribution is 5.93. The maximum absolute atomic E-state index is 14.1. The molecule has 1 saturated carbocycles. The quantitative estimate of drug-likeness (QED) is 0.458.